The molecule has 0 spiro atoms. The van der Waals surface area contributed by atoms with E-state index in [1.165, 1.54) is 11.1 Å². The summed E-state index contributed by atoms with van der Waals surface area (Å²) in [5.74, 6) is 1.75. The lowest BCUT2D eigenvalue weighted by molar-refractivity contribution is 0.242. The van der Waals surface area contributed by atoms with E-state index in [2.05, 4.69) is 23.1 Å². The summed E-state index contributed by atoms with van der Waals surface area (Å²) in [6.07, 6.45) is 2.24. The number of likely N-dealkylation sites (tertiary alicyclic amines) is 1. The van der Waals surface area contributed by atoms with E-state index in [1.54, 1.807) is 23.4 Å². The quantitative estimate of drug-likeness (QED) is 0.681. The molecule has 0 bridgehead atoms. The first-order chi connectivity index (χ1) is 13.5. The van der Waals surface area contributed by atoms with E-state index in [9.17, 15) is 4.79 Å². The molecule has 0 unspecified atom stereocenters. The van der Waals surface area contributed by atoms with Crippen LogP contribution < -0.4 is 15.2 Å². The van der Waals surface area contributed by atoms with E-state index in [0.29, 0.717) is 6.04 Å². The Labute approximate surface area is 164 Å². The predicted octanol–water partition coefficient (Wildman–Crippen LogP) is 3.23. The van der Waals surface area contributed by atoms with Crippen LogP contribution >= 0.6 is 0 Å². The standard InChI is InChI=1S/C22H27N3O3/c1-23-19-9-7-15(12-20(19)24(2)22(23)26)14-25-11-5-6-18(25)17-13-16(27-3)8-10-21(17)28-4/h7-10,12-13,18H,5-6,11,14H2,1-4H3/t18-/m1/s1. The van der Waals surface area contributed by atoms with Crippen molar-refractivity contribution in [3.8, 4) is 11.5 Å². The first kappa shape index (κ1) is 18.6. The van der Waals surface area contributed by atoms with Crippen LogP contribution in [0.25, 0.3) is 11.0 Å². The van der Waals surface area contributed by atoms with Crippen molar-refractivity contribution >= 4 is 11.0 Å². The number of hydrogen-bond acceptors (Lipinski definition) is 4. The molecule has 0 saturated carbocycles. The number of nitrogens with zero attached hydrogens (tertiary/aromatic N) is 3. The van der Waals surface area contributed by atoms with Crippen molar-refractivity contribution in [2.45, 2.75) is 25.4 Å². The summed E-state index contributed by atoms with van der Waals surface area (Å²) in [6.45, 7) is 1.88. The lowest BCUT2D eigenvalue weighted by Crippen LogP contribution is -2.23. The van der Waals surface area contributed by atoms with Crippen molar-refractivity contribution in [2.24, 2.45) is 14.1 Å². The number of aromatic nitrogens is 2. The molecule has 2 heterocycles. The van der Waals surface area contributed by atoms with E-state index in [1.807, 2.05) is 32.3 Å². The van der Waals surface area contributed by atoms with Gasteiger partial charge in [-0.15, -0.1) is 0 Å². The highest BCUT2D eigenvalue weighted by atomic mass is 16.5. The van der Waals surface area contributed by atoms with E-state index in [0.717, 1.165) is 48.5 Å². The van der Waals surface area contributed by atoms with Crippen LogP contribution in [-0.2, 0) is 20.6 Å². The second kappa shape index (κ2) is 7.36. The monoisotopic (exact) mass is 381 g/mol. The molecule has 0 N–H and O–H groups in total. The second-order valence-corrected chi connectivity index (χ2v) is 7.46. The molecule has 1 aliphatic rings. The minimum Gasteiger partial charge on any atom is -0.497 e. The van der Waals surface area contributed by atoms with Crippen LogP contribution in [0.5, 0.6) is 11.5 Å². The molecule has 1 saturated heterocycles. The van der Waals surface area contributed by atoms with Gasteiger partial charge in [0.15, 0.2) is 0 Å². The first-order valence-corrected chi connectivity index (χ1v) is 9.63. The molecule has 1 atom stereocenters. The highest BCUT2D eigenvalue weighted by Gasteiger charge is 2.29. The number of fused-ring (bicyclic) bond motifs is 1. The van der Waals surface area contributed by atoms with Crippen LogP contribution in [0.3, 0.4) is 0 Å². The molecule has 2 aromatic carbocycles. The molecule has 28 heavy (non-hydrogen) atoms. The van der Waals surface area contributed by atoms with Gasteiger partial charge in [-0.25, -0.2) is 4.79 Å². The van der Waals surface area contributed by atoms with Gasteiger partial charge in [0.25, 0.3) is 0 Å². The van der Waals surface area contributed by atoms with Crippen LogP contribution in [0.2, 0.25) is 0 Å². The zero-order valence-corrected chi connectivity index (χ0v) is 16.9. The number of aryl methyl sites for hydroxylation is 2. The summed E-state index contributed by atoms with van der Waals surface area (Å²) >= 11 is 0. The van der Waals surface area contributed by atoms with E-state index in [4.69, 9.17) is 9.47 Å². The molecule has 148 valence electrons. The maximum Gasteiger partial charge on any atom is 0.328 e. The lowest BCUT2D eigenvalue weighted by Gasteiger charge is -2.26. The van der Waals surface area contributed by atoms with Crippen molar-refractivity contribution in [1.29, 1.82) is 0 Å². The fraction of sp³-hybridized carbons (Fsp3) is 0.409. The van der Waals surface area contributed by atoms with Crippen molar-refractivity contribution in [3.63, 3.8) is 0 Å². The van der Waals surface area contributed by atoms with Crippen LogP contribution in [0, 0.1) is 0 Å². The van der Waals surface area contributed by atoms with Crippen LogP contribution in [0.15, 0.2) is 41.2 Å². The van der Waals surface area contributed by atoms with E-state index < -0.39 is 0 Å². The largest absolute Gasteiger partial charge is 0.497 e. The summed E-state index contributed by atoms with van der Waals surface area (Å²) < 4.78 is 14.5. The Balaban J connectivity index is 1.66. The molecular formula is C22H27N3O3. The molecule has 6 nitrogen and oxygen atoms in total. The normalized spacial score (nSPS) is 17.4. The number of rotatable bonds is 5. The van der Waals surface area contributed by atoms with Gasteiger partial charge >= 0.3 is 5.69 Å². The van der Waals surface area contributed by atoms with Gasteiger partial charge in [0.2, 0.25) is 0 Å². The Hall–Kier alpha value is -2.73. The van der Waals surface area contributed by atoms with Gasteiger partial charge in [-0.2, -0.15) is 0 Å². The highest BCUT2D eigenvalue weighted by molar-refractivity contribution is 5.76. The van der Waals surface area contributed by atoms with Crippen molar-refractivity contribution in [2.75, 3.05) is 20.8 Å². The third kappa shape index (κ3) is 3.07. The third-order valence-electron chi connectivity index (χ3n) is 5.88. The van der Waals surface area contributed by atoms with Crippen molar-refractivity contribution in [3.05, 3.63) is 58.0 Å². The number of hydrogen-bond donors (Lipinski definition) is 0. The third-order valence-corrected chi connectivity index (χ3v) is 5.88. The van der Waals surface area contributed by atoms with Gasteiger partial charge in [-0.1, -0.05) is 6.07 Å². The molecule has 4 rings (SSSR count). The van der Waals surface area contributed by atoms with Gasteiger partial charge in [0.05, 0.1) is 25.3 Å². The molecule has 0 amide bonds. The molecule has 0 aliphatic carbocycles. The summed E-state index contributed by atoms with van der Waals surface area (Å²) in [5, 5.41) is 0. The summed E-state index contributed by atoms with van der Waals surface area (Å²) in [5.41, 5.74) is 4.32. The molecule has 0 radical (unpaired) electrons. The molecule has 1 aliphatic heterocycles. The average Bonchev–Trinajstić information content (AvgIpc) is 3.26. The fourth-order valence-corrected chi connectivity index (χ4v) is 4.35. The van der Waals surface area contributed by atoms with Crippen LogP contribution in [0.4, 0.5) is 0 Å². The van der Waals surface area contributed by atoms with Crippen LogP contribution in [-0.4, -0.2) is 34.8 Å². The summed E-state index contributed by atoms with van der Waals surface area (Å²) in [6, 6.07) is 12.6. The molecule has 3 aromatic rings. The Morgan fingerprint density at radius 1 is 1.00 bits per heavy atom. The number of methoxy groups -OCH3 is 2. The Morgan fingerprint density at radius 2 is 1.79 bits per heavy atom. The van der Waals surface area contributed by atoms with E-state index in [-0.39, 0.29) is 5.69 Å². The Bertz CT molecular complexity index is 1070. The van der Waals surface area contributed by atoms with Crippen molar-refractivity contribution in [1.82, 2.24) is 14.0 Å². The molecule has 1 fully saturated rings. The topological polar surface area (TPSA) is 48.6 Å². The number of benzene rings is 2. The van der Waals surface area contributed by atoms with E-state index >= 15 is 0 Å². The maximum absolute atomic E-state index is 12.2. The molecule has 1 aromatic heterocycles. The summed E-state index contributed by atoms with van der Waals surface area (Å²) in [4.78, 5) is 14.7. The second-order valence-electron chi connectivity index (χ2n) is 7.46. The molecule has 6 heteroatoms. The average molecular weight is 381 g/mol. The zero-order valence-electron chi connectivity index (χ0n) is 16.9. The summed E-state index contributed by atoms with van der Waals surface area (Å²) in [7, 11) is 7.05. The SMILES string of the molecule is COc1ccc(OC)c([C@H]2CCCN2Cc2ccc3c(c2)n(C)c(=O)n3C)c1. The lowest BCUT2D eigenvalue weighted by atomic mass is 10.0. The Morgan fingerprint density at radius 3 is 2.54 bits per heavy atom. The maximum atomic E-state index is 12.2. The van der Waals surface area contributed by atoms with Gasteiger partial charge in [0.1, 0.15) is 11.5 Å². The minimum atomic E-state index is 0.00677. The van der Waals surface area contributed by atoms with Gasteiger partial charge in [-0.3, -0.25) is 14.0 Å². The minimum absolute atomic E-state index is 0.00677. The first-order valence-electron chi connectivity index (χ1n) is 9.63. The highest BCUT2D eigenvalue weighted by Crippen LogP contribution is 2.39. The zero-order chi connectivity index (χ0) is 19.8. The smallest absolute Gasteiger partial charge is 0.328 e. The van der Waals surface area contributed by atoms with Gasteiger partial charge in [0, 0.05) is 32.2 Å². The van der Waals surface area contributed by atoms with Gasteiger partial charge in [-0.05, 0) is 55.3 Å². The fourth-order valence-electron chi connectivity index (χ4n) is 4.35. The predicted molar refractivity (Wildman–Crippen MR) is 110 cm³/mol. The van der Waals surface area contributed by atoms with Crippen LogP contribution in [0.1, 0.15) is 30.0 Å². The number of ether oxygens (including phenoxy) is 2. The van der Waals surface area contributed by atoms with Gasteiger partial charge < -0.3 is 9.47 Å². The number of imidazole rings is 1. The Kier molecular flexibility index (Phi) is 4.89. The molecular weight excluding hydrogens is 354 g/mol. The van der Waals surface area contributed by atoms with Crippen molar-refractivity contribution < 1.29 is 9.47 Å².